The Morgan fingerprint density at radius 3 is 2.58 bits per heavy atom. The van der Waals surface area contributed by atoms with Crippen LogP contribution in [-0.4, -0.2) is 25.7 Å². The summed E-state index contributed by atoms with van der Waals surface area (Å²) >= 11 is 3.33. The zero-order valence-corrected chi connectivity index (χ0v) is 13.3. The van der Waals surface area contributed by atoms with Crippen molar-refractivity contribution in [2.45, 2.75) is 24.0 Å². The first-order valence-electron chi connectivity index (χ1n) is 5.88. The van der Waals surface area contributed by atoms with E-state index in [1.54, 1.807) is 39.2 Å². The summed E-state index contributed by atoms with van der Waals surface area (Å²) < 4.78 is 25.2. The molecule has 1 aromatic heterocycles. The number of sulfone groups is 1. The molecule has 19 heavy (non-hydrogen) atoms. The van der Waals surface area contributed by atoms with Crippen LogP contribution in [0.3, 0.4) is 0 Å². The van der Waals surface area contributed by atoms with Crippen LogP contribution >= 0.6 is 15.9 Å². The van der Waals surface area contributed by atoms with E-state index in [4.69, 9.17) is 0 Å². The van der Waals surface area contributed by atoms with Gasteiger partial charge in [-0.2, -0.15) is 0 Å². The van der Waals surface area contributed by atoms with Gasteiger partial charge in [-0.15, -0.1) is 0 Å². The Balaban J connectivity index is 2.81. The minimum atomic E-state index is -3.33. The molecule has 2 aromatic rings. The maximum Gasteiger partial charge on any atom is 0.181 e. The number of nitrogens with one attached hydrogen (secondary N) is 1. The van der Waals surface area contributed by atoms with Gasteiger partial charge in [0.15, 0.2) is 9.84 Å². The normalized spacial score (nSPS) is 12.1. The average Bonchev–Trinajstić information content (AvgIpc) is 2.36. The van der Waals surface area contributed by atoms with E-state index in [0.29, 0.717) is 9.37 Å². The molecule has 0 radical (unpaired) electrons. The molecule has 0 amide bonds. The summed E-state index contributed by atoms with van der Waals surface area (Å²) in [6.45, 7) is 3.35. The van der Waals surface area contributed by atoms with E-state index in [1.165, 1.54) is 0 Å². The minimum absolute atomic E-state index is 0.305. The van der Waals surface area contributed by atoms with Gasteiger partial charge in [0.25, 0.3) is 0 Å². The monoisotopic (exact) mass is 342 g/mol. The lowest BCUT2D eigenvalue weighted by Gasteiger charge is -2.12. The van der Waals surface area contributed by atoms with Gasteiger partial charge in [-0.05, 0) is 48.0 Å². The highest BCUT2D eigenvalue weighted by molar-refractivity contribution is 9.10. The van der Waals surface area contributed by atoms with Crippen LogP contribution in [0.15, 0.2) is 33.8 Å². The molecule has 0 saturated heterocycles. The minimum Gasteiger partial charge on any atom is -0.388 e. The van der Waals surface area contributed by atoms with Crippen LogP contribution in [0.25, 0.3) is 10.9 Å². The number of fused-ring (bicyclic) bond motifs is 1. The maximum absolute atomic E-state index is 12.3. The number of halogens is 1. The van der Waals surface area contributed by atoms with Gasteiger partial charge in [-0.1, -0.05) is 0 Å². The fourth-order valence-electron chi connectivity index (χ4n) is 1.84. The van der Waals surface area contributed by atoms with E-state index in [1.807, 2.05) is 6.07 Å². The molecule has 0 bridgehead atoms. The molecule has 0 spiro atoms. The number of nitrogens with zero attached hydrogens (tertiary/aromatic N) is 1. The van der Waals surface area contributed by atoms with Crippen LogP contribution in [0, 0.1) is 0 Å². The van der Waals surface area contributed by atoms with Crippen molar-refractivity contribution in [3.63, 3.8) is 0 Å². The fraction of sp³-hybridized carbons (Fsp3) is 0.308. The number of benzene rings is 1. The number of aromatic nitrogens is 1. The second-order valence-electron chi connectivity index (χ2n) is 4.50. The third-order valence-electron chi connectivity index (χ3n) is 2.99. The molecule has 6 heteroatoms. The van der Waals surface area contributed by atoms with Crippen molar-refractivity contribution in [2.75, 3.05) is 12.4 Å². The Kier molecular flexibility index (Phi) is 3.82. The lowest BCUT2D eigenvalue weighted by atomic mass is 10.2. The van der Waals surface area contributed by atoms with Crippen molar-refractivity contribution >= 4 is 42.4 Å². The predicted molar refractivity (Wildman–Crippen MR) is 81.3 cm³/mol. The van der Waals surface area contributed by atoms with Crippen LogP contribution < -0.4 is 5.32 Å². The van der Waals surface area contributed by atoms with Gasteiger partial charge >= 0.3 is 0 Å². The third-order valence-corrected chi connectivity index (χ3v) is 6.10. The third kappa shape index (κ3) is 2.47. The van der Waals surface area contributed by atoms with Crippen molar-refractivity contribution in [3.8, 4) is 0 Å². The van der Waals surface area contributed by atoms with E-state index in [-0.39, 0.29) is 0 Å². The zero-order chi connectivity index (χ0) is 14.2. The number of hydrogen-bond acceptors (Lipinski definition) is 4. The Morgan fingerprint density at radius 2 is 2.00 bits per heavy atom. The highest BCUT2D eigenvalue weighted by atomic mass is 79.9. The highest BCUT2D eigenvalue weighted by Gasteiger charge is 2.23. The lowest BCUT2D eigenvalue weighted by molar-refractivity contribution is 0.587. The van der Waals surface area contributed by atoms with Crippen LogP contribution in [-0.2, 0) is 9.84 Å². The predicted octanol–water partition coefficient (Wildman–Crippen LogP) is 3.22. The van der Waals surface area contributed by atoms with E-state index < -0.39 is 15.1 Å². The molecule has 0 aliphatic carbocycles. The smallest absolute Gasteiger partial charge is 0.181 e. The number of rotatable bonds is 3. The second kappa shape index (κ2) is 5.09. The standard InChI is InChI=1S/C13H15BrN2O2S/c1-8(2)19(17,18)13-6-9-11(15-3)4-5-16-12(9)7-10(13)14/h4-8H,1-3H3,(H,15,16). The highest BCUT2D eigenvalue weighted by Crippen LogP contribution is 2.32. The molecule has 0 fully saturated rings. The molecule has 1 N–H and O–H groups in total. The molecule has 0 unspecified atom stereocenters. The SMILES string of the molecule is CNc1ccnc2cc(Br)c(S(=O)(=O)C(C)C)cc12. The van der Waals surface area contributed by atoms with E-state index in [9.17, 15) is 8.42 Å². The average molecular weight is 343 g/mol. The Morgan fingerprint density at radius 1 is 1.32 bits per heavy atom. The van der Waals surface area contributed by atoms with Gasteiger partial charge in [0, 0.05) is 28.8 Å². The van der Waals surface area contributed by atoms with Crippen LogP contribution in [0.5, 0.6) is 0 Å². The van der Waals surface area contributed by atoms with Gasteiger partial charge in [0.2, 0.25) is 0 Å². The maximum atomic E-state index is 12.3. The molecular formula is C13H15BrN2O2S. The summed E-state index contributed by atoms with van der Waals surface area (Å²) in [5.74, 6) is 0. The van der Waals surface area contributed by atoms with Gasteiger partial charge in [-0.3, -0.25) is 4.98 Å². The van der Waals surface area contributed by atoms with E-state index >= 15 is 0 Å². The molecule has 1 heterocycles. The largest absolute Gasteiger partial charge is 0.388 e. The fourth-order valence-corrected chi connectivity index (χ4v) is 3.97. The summed E-state index contributed by atoms with van der Waals surface area (Å²) in [7, 11) is -1.53. The van der Waals surface area contributed by atoms with Gasteiger partial charge in [0.1, 0.15) is 0 Å². The molecule has 0 atom stereocenters. The quantitative estimate of drug-likeness (QED) is 0.930. The van der Waals surface area contributed by atoms with Crippen LogP contribution in [0.2, 0.25) is 0 Å². The van der Waals surface area contributed by atoms with Gasteiger partial charge in [-0.25, -0.2) is 8.42 Å². The molecule has 4 nitrogen and oxygen atoms in total. The molecule has 0 aliphatic rings. The Bertz CT molecular complexity index is 727. The van der Waals surface area contributed by atoms with E-state index in [0.717, 1.165) is 16.6 Å². The first-order chi connectivity index (χ1) is 8.87. The number of hydrogen-bond donors (Lipinski definition) is 1. The lowest BCUT2D eigenvalue weighted by Crippen LogP contribution is -2.14. The second-order valence-corrected chi connectivity index (χ2v) is 7.83. The summed E-state index contributed by atoms with van der Waals surface area (Å²) in [6, 6.07) is 5.24. The van der Waals surface area contributed by atoms with Crippen molar-refractivity contribution in [1.29, 1.82) is 0 Å². The molecule has 0 saturated carbocycles. The number of pyridine rings is 1. The summed E-state index contributed by atoms with van der Waals surface area (Å²) in [5, 5.41) is 3.38. The van der Waals surface area contributed by atoms with Crippen LogP contribution in [0.4, 0.5) is 5.69 Å². The van der Waals surface area contributed by atoms with Gasteiger partial charge < -0.3 is 5.32 Å². The van der Waals surface area contributed by atoms with Crippen molar-refractivity contribution in [3.05, 3.63) is 28.9 Å². The summed E-state index contributed by atoms with van der Waals surface area (Å²) in [5.41, 5.74) is 1.61. The Hall–Kier alpha value is -1.14. The van der Waals surface area contributed by atoms with Crippen molar-refractivity contribution in [1.82, 2.24) is 4.98 Å². The summed E-state index contributed by atoms with van der Waals surface area (Å²) in [6.07, 6.45) is 1.69. The molecular weight excluding hydrogens is 328 g/mol. The number of anilines is 1. The summed E-state index contributed by atoms with van der Waals surface area (Å²) in [4.78, 5) is 4.56. The Labute approximate surface area is 121 Å². The first kappa shape index (κ1) is 14.3. The van der Waals surface area contributed by atoms with E-state index in [2.05, 4.69) is 26.2 Å². The first-order valence-corrected chi connectivity index (χ1v) is 8.21. The van der Waals surface area contributed by atoms with Crippen molar-refractivity contribution in [2.24, 2.45) is 0 Å². The zero-order valence-electron chi connectivity index (χ0n) is 10.9. The molecule has 1 aromatic carbocycles. The van der Waals surface area contributed by atoms with Gasteiger partial charge in [0.05, 0.1) is 15.7 Å². The molecule has 102 valence electrons. The molecule has 0 aliphatic heterocycles. The molecule has 2 rings (SSSR count). The topological polar surface area (TPSA) is 59.1 Å². The van der Waals surface area contributed by atoms with Crippen molar-refractivity contribution < 1.29 is 8.42 Å². The van der Waals surface area contributed by atoms with Crippen LogP contribution in [0.1, 0.15) is 13.8 Å².